The van der Waals surface area contributed by atoms with Crippen molar-refractivity contribution in [3.63, 3.8) is 0 Å². The molecule has 1 rings (SSSR count). The van der Waals surface area contributed by atoms with Crippen LogP contribution in [0.15, 0.2) is 0 Å². The smallest absolute Gasteiger partial charge is 0.313 e. The van der Waals surface area contributed by atoms with Crippen molar-refractivity contribution in [1.82, 2.24) is 0 Å². The molecule has 2 nitrogen and oxygen atoms in total. The van der Waals surface area contributed by atoms with Crippen molar-refractivity contribution in [3.05, 3.63) is 0 Å². The molecule has 0 aromatic rings. The third-order valence-electron chi connectivity index (χ3n) is 2.06. The highest BCUT2D eigenvalue weighted by molar-refractivity contribution is 8.77. The Morgan fingerprint density at radius 3 is 2.62 bits per heavy atom. The van der Waals surface area contributed by atoms with Gasteiger partial charge in [-0.2, -0.15) is 0 Å². The number of hydrogen-bond acceptors (Lipinski definition) is 4. The molecular formula is C9H16O2S2. The fourth-order valence-corrected chi connectivity index (χ4v) is 4.30. The summed E-state index contributed by atoms with van der Waals surface area (Å²) in [7, 11) is 3.53. The zero-order valence-corrected chi connectivity index (χ0v) is 9.80. The molecule has 1 aliphatic rings. The van der Waals surface area contributed by atoms with Gasteiger partial charge in [0.2, 0.25) is 0 Å². The summed E-state index contributed by atoms with van der Waals surface area (Å²) in [5, 5.41) is 0. The van der Waals surface area contributed by atoms with E-state index in [9.17, 15) is 4.79 Å². The molecule has 0 radical (unpaired) electrons. The number of esters is 1. The van der Waals surface area contributed by atoms with Gasteiger partial charge in [-0.25, -0.2) is 0 Å². The second-order valence-corrected chi connectivity index (χ2v) is 6.04. The van der Waals surface area contributed by atoms with Gasteiger partial charge in [-0.1, -0.05) is 34.9 Å². The molecule has 0 bridgehead atoms. The predicted molar refractivity (Wildman–Crippen MR) is 58.9 cm³/mol. The Morgan fingerprint density at radius 2 is 2.08 bits per heavy atom. The number of carbonyl (C=O) groups is 1. The highest BCUT2D eigenvalue weighted by atomic mass is 33.1. The average Bonchev–Trinajstić information content (AvgIpc) is 2.54. The molecule has 13 heavy (non-hydrogen) atoms. The number of rotatable bonds is 4. The maximum Gasteiger partial charge on any atom is 0.313 e. The van der Waals surface area contributed by atoms with Gasteiger partial charge in [-0.3, -0.25) is 4.79 Å². The van der Waals surface area contributed by atoms with E-state index < -0.39 is 0 Å². The summed E-state index contributed by atoms with van der Waals surface area (Å²) in [5.41, 5.74) is -0.233. The zero-order chi connectivity index (χ0) is 9.73. The van der Waals surface area contributed by atoms with Crippen LogP contribution in [0.5, 0.6) is 0 Å². The van der Waals surface area contributed by atoms with E-state index in [1.807, 2.05) is 6.92 Å². The Bertz CT molecular complexity index is 176. The lowest BCUT2D eigenvalue weighted by Gasteiger charge is -2.19. The van der Waals surface area contributed by atoms with E-state index in [0.717, 1.165) is 24.3 Å². The van der Waals surface area contributed by atoms with Crippen LogP contribution >= 0.6 is 21.6 Å². The third kappa shape index (κ3) is 3.09. The molecule has 0 aliphatic carbocycles. The fraction of sp³-hybridized carbons (Fsp3) is 0.889. The minimum Gasteiger partial charge on any atom is -0.465 e. The first-order valence-electron chi connectivity index (χ1n) is 4.61. The minimum absolute atomic E-state index is 0.0153. The van der Waals surface area contributed by atoms with Gasteiger partial charge < -0.3 is 4.74 Å². The van der Waals surface area contributed by atoms with Crippen molar-refractivity contribution in [2.45, 2.75) is 26.7 Å². The summed E-state index contributed by atoms with van der Waals surface area (Å²) >= 11 is 0. The molecule has 1 fully saturated rings. The highest BCUT2D eigenvalue weighted by Crippen LogP contribution is 2.43. The second-order valence-electron chi connectivity index (χ2n) is 3.57. The number of carbonyl (C=O) groups excluding carboxylic acids is 1. The van der Waals surface area contributed by atoms with Crippen LogP contribution in [0.4, 0.5) is 0 Å². The molecule has 0 N–H and O–H groups in total. The first kappa shape index (κ1) is 11.2. The molecule has 76 valence electrons. The molecule has 1 heterocycles. The lowest BCUT2D eigenvalue weighted by molar-refractivity contribution is -0.152. The molecule has 4 heteroatoms. The van der Waals surface area contributed by atoms with Crippen LogP contribution < -0.4 is 0 Å². The van der Waals surface area contributed by atoms with Crippen molar-refractivity contribution in [3.8, 4) is 0 Å². The average molecular weight is 220 g/mol. The molecule has 1 aliphatic heterocycles. The molecule has 0 atom stereocenters. The quantitative estimate of drug-likeness (QED) is 0.413. The molecule has 0 spiro atoms. The number of hydrogen-bond donors (Lipinski definition) is 0. The summed E-state index contributed by atoms with van der Waals surface area (Å²) in [4.78, 5) is 11.6. The standard InChI is InChI=1S/C9H16O2S2/c1-3-4-5-11-8(10)9(2)6-12-13-7-9/h3-7H2,1-2H3. The summed E-state index contributed by atoms with van der Waals surface area (Å²) in [6.45, 7) is 4.67. The Labute approximate surface area is 87.6 Å². The Balaban J connectivity index is 2.29. The normalized spacial score (nSPS) is 20.2. The summed E-state index contributed by atoms with van der Waals surface area (Å²) in [6, 6.07) is 0. The van der Waals surface area contributed by atoms with E-state index in [0.29, 0.717) is 6.61 Å². The van der Waals surface area contributed by atoms with Crippen LogP contribution in [0.3, 0.4) is 0 Å². The van der Waals surface area contributed by atoms with Crippen molar-refractivity contribution in [1.29, 1.82) is 0 Å². The van der Waals surface area contributed by atoms with Gasteiger partial charge in [0.05, 0.1) is 12.0 Å². The molecule has 0 aromatic heterocycles. The SMILES string of the molecule is CCCCOC(=O)C1(C)CSSC1. The Morgan fingerprint density at radius 1 is 1.46 bits per heavy atom. The first-order valence-corrected chi connectivity index (χ1v) is 7.09. The lowest BCUT2D eigenvalue weighted by atomic mass is 9.96. The van der Waals surface area contributed by atoms with Crippen LogP contribution in [0, 0.1) is 5.41 Å². The van der Waals surface area contributed by atoms with Crippen molar-refractivity contribution >= 4 is 27.6 Å². The van der Waals surface area contributed by atoms with Crippen LogP contribution in [0.25, 0.3) is 0 Å². The van der Waals surface area contributed by atoms with Crippen LogP contribution in [0.2, 0.25) is 0 Å². The van der Waals surface area contributed by atoms with Gasteiger partial charge in [0.1, 0.15) is 0 Å². The highest BCUT2D eigenvalue weighted by Gasteiger charge is 2.39. The minimum atomic E-state index is -0.233. The van der Waals surface area contributed by atoms with E-state index in [-0.39, 0.29) is 11.4 Å². The van der Waals surface area contributed by atoms with Gasteiger partial charge in [-0.15, -0.1) is 0 Å². The molecule has 0 amide bonds. The van der Waals surface area contributed by atoms with E-state index in [1.54, 1.807) is 21.6 Å². The van der Waals surface area contributed by atoms with E-state index in [4.69, 9.17) is 4.74 Å². The zero-order valence-electron chi connectivity index (χ0n) is 8.17. The Hall–Kier alpha value is 0.170. The summed E-state index contributed by atoms with van der Waals surface area (Å²) in [5.74, 6) is 1.77. The monoisotopic (exact) mass is 220 g/mol. The number of unbranched alkanes of at least 4 members (excludes halogenated alkanes) is 1. The fourth-order valence-electron chi connectivity index (χ4n) is 0.986. The van der Waals surface area contributed by atoms with Gasteiger partial charge in [0, 0.05) is 11.5 Å². The van der Waals surface area contributed by atoms with Crippen molar-refractivity contribution in [2.24, 2.45) is 5.41 Å². The first-order chi connectivity index (χ1) is 6.19. The van der Waals surface area contributed by atoms with E-state index >= 15 is 0 Å². The molecule has 0 aromatic carbocycles. The van der Waals surface area contributed by atoms with Gasteiger partial charge in [0.15, 0.2) is 0 Å². The third-order valence-corrected chi connectivity index (χ3v) is 4.95. The van der Waals surface area contributed by atoms with E-state index in [1.165, 1.54) is 0 Å². The predicted octanol–water partition coefficient (Wildman–Crippen LogP) is 2.73. The topological polar surface area (TPSA) is 26.3 Å². The lowest BCUT2D eigenvalue weighted by Crippen LogP contribution is -2.32. The largest absolute Gasteiger partial charge is 0.465 e. The molecule has 1 saturated heterocycles. The van der Waals surface area contributed by atoms with Gasteiger partial charge >= 0.3 is 5.97 Å². The number of ether oxygens (including phenoxy) is 1. The van der Waals surface area contributed by atoms with Crippen molar-refractivity contribution < 1.29 is 9.53 Å². The van der Waals surface area contributed by atoms with Crippen molar-refractivity contribution in [2.75, 3.05) is 18.1 Å². The maximum atomic E-state index is 11.6. The van der Waals surface area contributed by atoms with E-state index in [2.05, 4.69) is 6.92 Å². The van der Waals surface area contributed by atoms with Gasteiger partial charge in [0.25, 0.3) is 0 Å². The van der Waals surface area contributed by atoms with Gasteiger partial charge in [-0.05, 0) is 13.3 Å². The molecule has 0 saturated carbocycles. The molecule has 0 unspecified atom stereocenters. The summed E-state index contributed by atoms with van der Waals surface area (Å²) < 4.78 is 5.20. The van der Waals surface area contributed by atoms with Crippen LogP contribution in [0.1, 0.15) is 26.7 Å². The van der Waals surface area contributed by atoms with Crippen LogP contribution in [-0.2, 0) is 9.53 Å². The van der Waals surface area contributed by atoms with Crippen LogP contribution in [-0.4, -0.2) is 24.1 Å². The maximum absolute atomic E-state index is 11.6. The Kier molecular flexibility index (Phi) is 4.46. The second kappa shape index (κ2) is 5.15. The molecular weight excluding hydrogens is 204 g/mol. The summed E-state index contributed by atoms with van der Waals surface area (Å²) in [6.07, 6.45) is 2.05.